The second-order valence-corrected chi connectivity index (χ2v) is 8.85. The third-order valence-corrected chi connectivity index (χ3v) is 6.17. The molecule has 2 N–H and O–H groups in total. The molecule has 0 aliphatic carbocycles. The third-order valence-electron chi connectivity index (χ3n) is 3.47. The lowest BCUT2D eigenvalue weighted by atomic mass is 10.3. The summed E-state index contributed by atoms with van der Waals surface area (Å²) < 4.78 is 37.5. The first kappa shape index (κ1) is 20.6. The Kier molecular flexibility index (Phi) is 6.57. The highest BCUT2D eigenvalue weighted by Crippen LogP contribution is 2.19. The Morgan fingerprint density at radius 2 is 2.07 bits per heavy atom. The molecule has 0 aliphatic heterocycles. The third kappa shape index (κ3) is 5.02. The fraction of sp³-hybridized carbons (Fsp3) is 0.188. The number of hydrogen-bond donors (Lipinski definition) is 2. The first-order valence-corrected chi connectivity index (χ1v) is 11.0. The van der Waals surface area contributed by atoms with Crippen LogP contribution in [0.2, 0.25) is 0 Å². The van der Waals surface area contributed by atoms with Crippen molar-refractivity contribution < 1.29 is 27.6 Å². The molecule has 3 aromatic rings. The lowest BCUT2D eigenvalue weighted by molar-refractivity contribution is -0.148. The lowest BCUT2D eigenvalue weighted by Gasteiger charge is -2.15. The number of aliphatic hydroxyl groups is 1. The van der Waals surface area contributed by atoms with Gasteiger partial charge in [0.1, 0.15) is 6.04 Å². The van der Waals surface area contributed by atoms with Gasteiger partial charge in [-0.3, -0.25) is 4.79 Å². The summed E-state index contributed by atoms with van der Waals surface area (Å²) in [6.07, 6.45) is 0. The van der Waals surface area contributed by atoms with E-state index in [2.05, 4.69) is 30.8 Å². The van der Waals surface area contributed by atoms with Crippen LogP contribution in [0.25, 0.3) is 11.4 Å². The minimum absolute atomic E-state index is 0.0435. The molecule has 1 aromatic carbocycles. The van der Waals surface area contributed by atoms with Crippen molar-refractivity contribution in [3.05, 3.63) is 51.5 Å². The molecule has 0 aliphatic rings. The number of aliphatic hydroxyl groups excluding tert-OH is 1. The van der Waals surface area contributed by atoms with Gasteiger partial charge < -0.3 is 14.4 Å². The molecule has 148 valence electrons. The monoisotopic (exact) mass is 487 g/mol. The predicted molar refractivity (Wildman–Crippen MR) is 103 cm³/mol. The maximum atomic E-state index is 12.3. The Labute approximate surface area is 172 Å². The van der Waals surface area contributed by atoms with Crippen LogP contribution in [-0.4, -0.2) is 42.3 Å². The van der Waals surface area contributed by atoms with Crippen LogP contribution in [0.5, 0.6) is 0 Å². The number of carbonyl (C=O) groups is 1. The first-order chi connectivity index (χ1) is 13.4. The fourth-order valence-electron chi connectivity index (χ4n) is 2.08. The summed E-state index contributed by atoms with van der Waals surface area (Å²) in [7, 11) is -4.02. The Bertz CT molecular complexity index is 1030. The van der Waals surface area contributed by atoms with E-state index in [1.807, 2.05) is 16.8 Å². The van der Waals surface area contributed by atoms with Crippen LogP contribution in [0.1, 0.15) is 5.89 Å². The highest BCUT2D eigenvalue weighted by Gasteiger charge is 2.27. The van der Waals surface area contributed by atoms with Crippen LogP contribution in [0, 0.1) is 0 Å². The molecule has 0 spiro atoms. The molecule has 1 atom stereocenters. The van der Waals surface area contributed by atoms with Crippen LogP contribution in [0.15, 0.2) is 55.0 Å². The molecule has 9 nitrogen and oxygen atoms in total. The minimum atomic E-state index is -4.02. The zero-order valence-electron chi connectivity index (χ0n) is 14.1. The number of nitrogens with zero attached hydrogens (tertiary/aromatic N) is 2. The van der Waals surface area contributed by atoms with Gasteiger partial charge in [0.05, 0.1) is 11.5 Å². The number of carbonyl (C=O) groups excluding carboxylic acids is 1. The van der Waals surface area contributed by atoms with Crippen molar-refractivity contribution in [2.45, 2.75) is 17.5 Å². The van der Waals surface area contributed by atoms with Gasteiger partial charge in [-0.15, -0.1) is 0 Å². The highest BCUT2D eigenvalue weighted by molar-refractivity contribution is 9.10. The SMILES string of the molecule is O=C(OCc1nc(-c2ccsc2)no1)C(CO)NS(=O)(=O)c1ccc(Br)cc1. The largest absolute Gasteiger partial charge is 0.454 e. The zero-order valence-corrected chi connectivity index (χ0v) is 17.3. The van der Waals surface area contributed by atoms with Crippen LogP contribution < -0.4 is 4.72 Å². The zero-order chi connectivity index (χ0) is 20.1. The molecular weight excluding hydrogens is 474 g/mol. The van der Waals surface area contributed by atoms with Crippen LogP contribution in [0.3, 0.4) is 0 Å². The summed E-state index contributed by atoms with van der Waals surface area (Å²) in [5.41, 5.74) is 0.766. The molecule has 0 fully saturated rings. The van der Waals surface area contributed by atoms with Gasteiger partial charge in [0.15, 0.2) is 6.61 Å². The van der Waals surface area contributed by atoms with Gasteiger partial charge in [0, 0.05) is 15.4 Å². The number of sulfonamides is 1. The van der Waals surface area contributed by atoms with Crippen LogP contribution in [-0.2, 0) is 26.2 Å². The molecule has 0 radical (unpaired) electrons. The standard InChI is InChI=1S/C16H14BrN3O6S2/c17-11-1-3-12(4-2-11)28(23,24)20-13(7-21)16(22)25-8-14-18-15(19-26-14)10-5-6-27-9-10/h1-6,9,13,20-21H,7-8H2. The molecule has 0 bridgehead atoms. The average molecular weight is 488 g/mol. The van der Waals surface area contributed by atoms with E-state index in [4.69, 9.17) is 9.26 Å². The van der Waals surface area contributed by atoms with Gasteiger partial charge in [0.2, 0.25) is 15.8 Å². The second kappa shape index (κ2) is 8.92. The van der Waals surface area contributed by atoms with Gasteiger partial charge >= 0.3 is 5.97 Å². The Hall–Kier alpha value is -2.12. The Balaban J connectivity index is 1.61. The van der Waals surface area contributed by atoms with E-state index in [1.165, 1.54) is 23.5 Å². The van der Waals surface area contributed by atoms with Gasteiger partial charge in [-0.1, -0.05) is 21.1 Å². The number of rotatable bonds is 8. The number of ether oxygens (including phenoxy) is 1. The minimum Gasteiger partial charge on any atom is -0.454 e. The molecule has 0 saturated heterocycles. The van der Waals surface area contributed by atoms with E-state index in [0.29, 0.717) is 10.3 Å². The molecule has 28 heavy (non-hydrogen) atoms. The van der Waals surface area contributed by atoms with Crippen LogP contribution in [0.4, 0.5) is 0 Å². The second-order valence-electron chi connectivity index (χ2n) is 5.44. The molecular formula is C16H14BrN3O6S2. The lowest BCUT2D eigenvalue weighted by Crippen LogP contribution is -2.44. The molecule has 12 heteroatoms. The Morgan fingerprint density at radius 3 is 2.71 bits per heavy atom. The number of thiophene rings is 1. The quantitative estimate of drug-likeness (QED) is 0.460. The van der Waals surface area contributed by atoms with E-state index in [9.17, 15) is 18.3 Å². The summed E-state index contributed by atoms with van der Waals surface area (Å²) in [6, 6.07) is 6.13. The van der Waals surface area contributed by atoms with Crippen molar-refractivity contribution in [2.24, 2.45) is 0 Å². The maximum Gasteiger partial charge on any atom is 0.327 e. The van der Waals surface area contributed by atoms with E-state index >= 15 is 0 Å². The first-order valence-electron chi connectivity index (χ1n) is 7.79. The van der Waals surface area contributed by atoms with Crippen molar-refractivity contribution in [3.8, 4) is 11.4 Å². The molecule has 3 rings (SSSR count). The normalized spacial score (nSPS) is 12.6. The summed E-state index contributed by atoms with van der Waals surface area (Å²) >= 11 is 4.68. The average Bonchev–Trinajstić information content (AvgIpc) is 3.36. The van der Waals surface area contributed by atoms with E-state index in [1.54, 1.807) is 12.1 Å². The van der Waals surface area contributed by atoms with E-state index in [0.717, 1.165) is 5.56 Å². The smallest absolute Gasteiger partial charge is 0.327 e. The van der Waals surface area contributed by atoms with Crippen molar-refractivity contribution in [1.82, 2.24) is 14.9 Å². The van der Waals surface area contributed by atoms with Crippen LogP contribution >= 0.6 is 27.3 Å². The van der Waals surface area contributed by atoms with Crippen molar-refractivity contribution in [2.75, 3.05) is 6.61 Å². The van der Waals surface area contributed by atoms with Crippen molar-refractivity contribution in [3.63, 3.8) is 0 Å². The number of esters is 1. The molecule has 2 heterocycles. The summed E-state index contributed by atoms with van der Waals surface area (Å²) in [6.45, 7) is -1.13. The number of aromatic nitrogens is 2. The number of benzene rings is 1. The molecule has 0 saturated carbocycles. The number of halogens is 1. The highest BCUT2D eigenvalue weighted by atomic mass is 79.9. The molecule has 0 amide bonds. The van der Waals surface area contributed by atoms with Crippen molar-refractivity contribution >= 4 is 43.3 Å². The Morgan fingerprint density at radius 1 is 1.32 bits per heavy atom. The maximum absolute atomic E-state index is 12.3. The molecule has 1 unspecified atom stereocenters. The summed E-state index contributed by atoms with van der Waals surface area (Å²) in [5, 5.41) is 16.9. The molecule has 2 aromatic heterocycles. The van der Waals surface area contributed by atoms with Gasteiger partial charge in [-0.2, -0.15) is 21.0 Å². The van der Waals surface area contributed by atoms with E-state index < -0.39 is 28.6 Å². The summed E-state index contributed by atoms with van der Waals surface area (Å²) in [4.78, 5) is 16.2. The summed E-state index contributed by atoms with van der Waals surface area (Å²) in [5.74, 6) is -0.581. The van der Waals surface area contributed by atoms with E-state index in [-0.39, 0.29) is 17.4 Å². The van der Waals surface area contributed by atoms with Gasteiger partial charge in [0.25, 0.3) is 5.89 Å². The van der Waals surface area contributed by atoms with Crippen molar-refractivity contribution in [1.29, 1.82) is 0 Å². The van der Waals surface area contributed by atoms with Gasteiger partial charge in [-0.25, -0.2) is 8.42 Å². The number of nitrogens with one attached hydrogen (secondary N) is 1. The predicted octanol–water partition coefficient (Wildman–Crippen LogP) is 1.94. The number of hydrogen-bond acceptors (Lipinski definition) is 9. The topological polar surface area (TPSA) is 132 Å². The van der Waals surface area contributed by atoms with Gasteiger partial charge in [-0.05, 0) is 35.7 Å². The fourth-order valence-corrected chi connectivity index (χ4v) is 4.16.